The Balaban J connectivity index is 1.78. The van der Waals surface area contributed by atoms with Crippen LogP contribution in [0.15, 0.2) is 47.1 Å². The third kappa shape index (κ3) is 5.26. The summed E-state index contributed by atoms with van der Waals surface area (Å²) < 4.78 is 5.16. The first-order valence-electron chi connectivity index (χ1n) is 7.48. The fourth-order valence-corrected chi connectivity index (χ4v) is 2.09. The molecule has 2 amide bonds. The fourth-order valence-electron chi connectivity index (χ4n) is 2.09. The Bertz CT molecular complexity index is 581. The monoisotopic (exact) mass is 301 g/mol. The third-order valence-electron chi connectivity index (χ3n) is 3.44. The molecular formula is C17H23N3O2. The van der Waals surface area contributed by atoms with Crippen LogP contribution in [0.3, 0.4) is 0 Å². The molecule has 118 valence electrons. The van der Waals surface area contributed by atoms with E-state index in [1.807, 2.05) is 18.2 Å². The summed E-state index contributed by atoms with van der Waals surface area (Å²) in [7, 11) is 2.09. The predicted octanol–water partition coefficient (Wildman–Crippen LogP) is 2.73. The lowest BCUT2D eigenvalue weighted by molar-refractivity contribution is 0.239. The Morgan fingerprint density at radius 2 is 1.91 bits per heavy atom. The summed E-state index contributed by atoms with van der Waals surface area (Å²) in [5.41, 5.74) is 2.34. The van der Waals surface area contributed by atoms with Gasteiger partial charge in [0.25, 0.3) is 0 Å². The topological polar surface area (TPSA) is 57.5 Å². The molecule has 2 N–H and O–H groups in total. The minimum Gasteiger partial charge on any atom is -0.467 e. The first-order chi connectivity index (χ1) is 10.7. The van der Waals surface area contributed by atoms with Crippen molar-refractivity contribution in [2.75, 3.05) is 13.6 Å². The molecule has 0 aliphatic rings. The number of benzene rings is 1. The summed E-state index contributed by atoms with van der Waals surface area (Å²) in [6, 6.07) is 11.7. The van der Waals surface area contributed by atoms with Crippen molar-refractivity contribution in [3.63, 3.8) is 0 Å². The molecule has 0 unspecified atom stereocenters. The van der Waals surface area contributed by atoms with E-state index in [-0.39, 0.29) is 6.03 Å². The summed E-state index contributed by atoms with van der Waals surface area (Å²) >= 11 is 0. The third-order valence-corrected chi connectivity index (χ3v) is 3.44. The highest BCUT2D eigenvalue weighted by Crippen LogP contribution is 2.07. The normalized spacial score (nSPS) is 10.7. The standard InChI is InChI=1S/C17H23N3O2/c1-3-20(2)13-15-7-4-6-14(10-15)11-18-17(21)19-12-16-8-5-9-22-16/h4-10H,3,11-13H2,1-2H3,(H2,18,19,21). The lowest BCUT2D eigenvalue weighted by atomic mass is 10.1. The SMILES string of the molecule is CCN(C)Cc1cccc(CNC(=O)NCc2ccco2)c1. The largest absolute Gasteiger partial charge is 0.467 e. The van der Waals surface area contributed by atoms with Gasteiger partial charge in [0.05, 0.1) is 12.8 Å². The maximum absolute atomic E-state index is 11.7. The van der Waals surface area contributed by atoms with E-state index in [4.69, 9.17) is 4.42 Å². The first kappa shape index (κ1) is 16.1. The van der Waals surface area contributed by atoms with Gasteiger partial charge in [-0.1, -0.05) is 31.2 Å². The van der Waals surface area contributed by atoms with Gasteiger partial charge < -0.3 is 20.0 Å². The van der Waals surface area contributed by atoms with Gasteiger partial charge in [-0.05, 0) is 36.9 Å². The number of rotatable bonds is 7. The molecule has 1 aromatic heterocycles. The fraction of sp³-hybridized carbons (Fsp3) is 0.353. The molecule has 1 heterocycles. The highest BCUT2D eigenvalue weighted by atomic mass is 16.3. The van der Waals surface area contributed by atoms with E-state index in [2.05, 4.69) is 41.6 Å². The van der Waals surface area contributed by atoms with Crippen molar-refractivity contribution in [1.82, 2.24) is 15.5 Å². The van der Waals surface area contributed by atoms with Gasteiger partial charge >= 0.3 is 6.03 Å². The van der Waals surface area contributed by atoms with Crippen LogP contribution in [0.5, 0.6) is 0 Å². The average molecular weight is 301 g/mol. The zero-order valence-electron chi connectivity index (χ0n) is 13.1. The van der Waals surface area contributed by atoms with Crippen molar-refractivity contribution in [2.24, 2.45) is 0 Å². The molecule has 0 fully saturated rings. The summed E-state index contributed by atoms with van der Waals surface area (Å²) in [6.45, 7) is 4.95. The van der Waals surface area contributed by atoms with Gasteiger partial charge in [-0.2, -0.15) is 0 Å². The number of amides is 2. The maximum Gasteiger partial charge on any atom is 0.315 e. The quantitative estimate of drug-likeness (QED) is 0.827. The summed E-state index contributed by atoms with van der Waals surface area (Å²) in [5, 5.41) is 5.61. The second kappa shape index (κ2) is 8.24. The number of urea groups is 1. The minimum atomic E-state index is -0.201. The van der Waals surface area contributed by atoms with Crippen LogP contribution >= 0.6 is 0 Å². The highest BCUT2D eigenvalue weighted by Gasteiger charge is 2.03. The van der Waals surface area contributed by atoms with Gasteiger partial charge in [0, 0.05) is 13.1 Å². The van der Waals surface area contributed by atoms with E-state index in [0.29, 0.717) is 13.1 Å². The molecule has 0 aliphatic carbocycles. The van der Waals surface area contributed by atoms with E-state index < -0.39 is 0 Å². The first-order valence-corrected chi connectivity index (χ1v) is 7.48. The number of furan rings is 1. The van der Waals surface area contributed by atoms with Gasteiger partial charge in [0.2, 0.25) is 0 Å². The minimum absolute atomic E-state index is 0.201. The predicted molar refractivity (Wildman–Crippen MR) is 86.2 cm³/mol. The van der Waals surface area contributed by atoms with Gasteiger partial charge in [-0.3, -0.25) is 0 Å². The molecule has 0 aliphatic heterocycles. The summed E-state index contributed by atoms with van der Waals surface area (Å²) in [5.74, 6) is 0.736. The average Bonchev–Trinajstić information content (AvgIpc) is 3.04. The van der Waals surface area contributed by atoms with Crippen LogP contribution < -0.4 is 10.6 Å². The van der Waals surface area contributed by atoms with Gasteiger partial charge in [0.15, 0.2) is 0 Å². The molecule has 0 saturated carbocycles. The number of nitrogens with zero attached hydrogens (tertiary/aromatic N) is 1. The number of carbonyl (C=O) groups is 1. The van der Waals surface area contributed by atoms with E-state index in [1.54, 1.807) is 12.3 Å². The molecule has 2 rings (SSSR count). The van der Waals surface area contributed by atoms with Crippen molar-refractivity contribution >= 4 is 6.03 Å². The number of hydrogen-bond donors (Lipinski definition) is 2. The Hall–Kier alpha value is -2.27. The van der Waals surface area contributed by atoms with Crippen LogP contribution in [-0.2, 0) is 19.6 Å². The molecule has 0 radical (unpaired) electrons. The van der Waals surface area contributed by atoms with E-state index in [0.717, 1.165) is 24.4 Å². The Morgan fingerprint density at radius 1 is 1.14 bits per heavy atom. The van der Waals surface area contributed by atoms with Crippen LogP contribution in [0.1, 0.15) is 23.8 Å². The molecule has 5 nitrogen and oxygen atoms in total. The molecule has 0 atom stereocenters. The van der Waals surface area contributed by atoms with E-state index in [1.165, 1.54) is 5.56 Å². The van der Waals surface area contributed by atoms with Gasteiger partial charge in [-0.15, -0.1) is 0 Å². The van der Waals surface area contributed by atoms with Crippen LogP contribution in [0, 0.1) is 0 Å². The molecular weight excluding hydrogens is 278 g/mol. The molecule has 5 heteroatoms. The Morgan fingerprint density at radius 3 is 2.64 bits per heavy atom. The van der Waals surface area contributed by atoms with Gasteiger partial charge in [0.1, 0.15) is 5.76 Å². The van der Waals surface area contributed by atoms with Gasteiger partial charge in [-0.25, -0.2) is 4.79 Å². The second-order valence-corrected chi connectivity index (χ2v) is 5.27. The van der Waals surface area contributed by atoms with Crippen LogP contribution in [-0.4, -0.2) is 24.5 Å². The van der Waals surface area contributed by atoms with Crippen molar-refractivity contribution < 1.29 is 9.21 Å². The number of nitrogens with one attached hydrogen (secondary N) is 2. The number of hydrogen-bond acceptors (Lipinski definition) is 3. The summed E-state index contributed by atoms with van der Waals surface area (Å²) in [6.07, 6.45) is 1.59. The second-order valence-electron chi connectivity index (χ2n) is 5.27. The van der Waals surface area contributed by atoms with Crippen LogP contribution in [0.2, 0.25) is 0 Å². The Labute approximate surface area is 131 Å². The Kier molecular flexibility index (Phi) is 6.03. The maximum atomic E-state index is 11.7. The van der Waals surface area contributed by atoms with Crippen molar-refractivity contribution in [3.8, 4) is 0 Å². The molecule has 2 aromatic rings. The summed E-state index contributed by atoms with van der Waals surface area (Å²) in [4.78, 5) is 14.0. The zero-order chi connectivity index (χ0) is 15.8. The van der Waals surface area contributed by atoms with Crippen molar-refractivity contribution in [1.29, 1.82) is 0 Å². The van der Waals surface area contributed by atoms with Crippen LogP contribution in [0.25, 0.3) is 0 Å². The molecule has 0 saturated heterocycles. The number of carbonyl (C=O) groups excluding carboxylic acids is 1. The van der Waals surface area contributed by atoms with Crippen molar-refractivity contribution in [2.45, 2.75) is 26.6 Å². The highest BCUT2D eigenvalue weighted by molar-refractivity contribution is 5.73. The van der Waals surface area contributed by atoms with Crippen LogP contribution in [0.4, 0.5) is 4.79 Å². The molecule has 1 aromatic carbocycles. The van der Waals surface area contributed by atoms with Crippen molar-refractivity contribution in [3.05, 3.63) is 59.5 Å². The lowest BCUT2D eigenvalue weighted by Gasteiger charge is -2.14. The smallest absolute Gasteiger partial charge is 0.315 e. The molecule has 22 heavy (non-hydrogen) atoms. The van der Waals surface area contributed by atoms with E-state index >= 15 is 0 Å². The zero-order valence-corrected chi connectivity index (χ0v) is 13.1. The molecule has 0 bridgehead atoms. The van der Waals surface area contributed by atoms with E-state index in [9.17, 15) is 4.79 Å². The lowest BCUT2D eigenvalue weighted by Crippen LogP contribution is -2.34. The molecule has 0 spiro atoms.